The maximum atomic E-state index is 2.33. The Morgan fingerprint density at radius 3 is 1.27 bits per heavy atom. The van der Waals surface area contributed by atoms with Crippen molar-refractivity contribution in [3.05, 3.63) is 0 Å². The summed E-state index contributed by atoms with van der Waals surface area (Å²) < 4.78 is 1.18. The third-order valence-corrected chi connectivity index (χ3v) is 3.04. The average molecular weight is 180 g/mol. The van der Waals surface area contributed by atoms with Crippen LogP contribution in [0.2, 0.25) is 0 Å². The van der Waals surface area contributed by atoms with Crippen molar-refractivity contribution in [3.63, 3.8) is 0 Å². The lowest BCUT2D eigenvalue weighted by molar-refractivity contribution is -0.947. The van der Waals surface area contributed by atoms with Crippen LogP contribution in [0, 0.1) is 0 Å². The minimum atomic E-state index is 0. The van der Waals surface area contributed by atoms with Gasteiger partial charge in [0.05, 0.1) is 25.7 Å². The van der Waals surface area contributed by atoms with E-state index in [1.165, 1.54) is 11.0 Å². The Labute approximate surface area is 77.8 Å². The van der Waals surface area contributed by atoms with E-state index in [-0.39, 0.29) is 12.4 Å². The van der Waals surface area contributed by atoms with Crippen LogP contribution >= 0.6 is 0 Å². The van der Waals surface area contributed by atoms with Crippen LogP contribution in [0.1, 0.15) is 34.6 Å². The lowest BCUT2D eigenvalue weighted by Gasteiger charge is -2.41. The molecule has 0 aromatic carbocycles. The predicted molar refractivity (Wildman–Crippen MR) is 47.0 cm³/mol. The second-order valence-corrected chi connectivity index (χ2v) is 3.85. The molecule has 0 aromatic heterocycles. The summed E-state index contributed by atoms with van der Waals surface area (Å²) >= 11 is 0. The molecule has 0 fully saturated rings. The zero-order valence-electron chi connectivity index (χ0n) is 8.69. The van der Waals surface area contributed by atoms with Crippen LogP contribution in [-0.4, -0.2) is 30.2 Å². The Bertz CT molecular complexity index is 91.7. The van der Waals surface area contributed by atoms with Crippen LogP contribution in [0.3, 0.4) is 0 Å². The minimum Gasteiger partial charge on any atom is -1.00 e. The summed E-state index contributed by atoms with van der Waals surface area (Å²) in [7, 11) is 2.33. The fraction of sp³-hybridized carbons (Fsp3) is 1.00. The summed E-state index contributed by atoms with van der Waals surface area (Å²) in [5, 5.41) is 0. The van der Waals surface area contributed by atoms with Crippen LogP contribution < -0.4 is 12.4 Å². The van der Waals surface area contributed by atoms with Crippen LogP contribution in [-0.2, 0) is 0 Å². The van der Waals surface area contributed by atoms with E-state index < -0.39 is 0 Å². The highest BCUT2D eigenvalue weighted by molar-refractivity contribution is 4.47. The lowest BCUT2D eigenvalue weighted by atomic mass is 10.2. The molecule has 0 aliphatic heterocycles. The van der Waals surface area contributed by atoms with E-state index in [1.54, 1.807) is 0 Å². The van der Waals surface area contributed by atoms with Gasteiger partial charge < -0.3 is 16.9 Å². The van der Waals surface area contributed by atoms with Gasteiger partial charge in [-0.25, -0.2) is 0 Å². The van der Waals surface area contributed by atoms with Crippen LogP contribution in [0.25, 0.3) is 0 Å². The van der Waals surface area contributed by atoms with Gasteiger partial charge in [-0.15, -0.1) is 0 Å². The summed E-state index contributed by atoms with van der Waals surface area (Å²) in [4.78, 5) is 0. The van der Waals surface area contributed by atoms with E-state index in [1.807, 2.05) is 0 Å². The lowest BCUT2D eigenvalue weighted by Crippen LogP contribution is -3.00. The first-order valence-corrected chi connectivity index (χ1v) is 4.30. The number of rotatable bonds is 3. The van der Waals surface area contributed by atoms with Crippen molar-refractivity contribution in [2.24, 2.45) is 0 Å². The summed E-state index contributed by atoms with van der Waals surface area (Å²) in [5.74, 6) is 0. The molecule has 0 spiro atoms. The largest absolute Gasteiger partial charge is 1.00 e. The van der Waals surface area contributed by atoms with E-state index in [4.69, 9.17) is 0 Å². The van der Waals surface area contributed by atoms with Gasteiger partial charge in [0.25, 0.3) is 0 Å². The first-order chi connectivity index (χ1) is 4.45. The Balaban J connectivity index is 0. The maximum Gasteiger partial charge on any atom is 0.0833 e. The Morgan fingerprint density at radius 1 is 1.00 bits per heavy atom. The topological polar surface area (TPSA) is 0 Å². The molecule has 0 aliphatic rings. The fourth-order valence-electron chi connectivity index (χ4n) is 1.33. The summed E-state index contributed by atoms with van der Waals surface area (Å²) in [5.41, 5.74) is 0. The van der Waals surface area contributed by atoms with Gasteiger partial charge in [-0.3, -0.25) is 0 Å². The van der Waals surface area contributed by atoms with Crippen molar-refractivity contribution < 1.29 is 16.9 Å². The van der Waals surface area contributed by atoms with Crippen LogP contribution in [0.15, 0.2) is 0 Å². The molecule has 0 aliphatic carbocycles. The number of hydrogen-bond acceptors (Lipinski definition) is 0. The standard InChI is InChI=1S/C9H22N.ClH/c1-7-10(6,8(2)3)9(4)5;/h8-9H,7H2,1-6H3;1H/q+1;/p-1. The van der Waals surface area contributed by atoms with Gasteiger partial charge in [0.15, 0.2) is 0 Å². The highest BCUT2D eigenvalue weighted by Crippen LogP contribution is 2.14. The van der Waals surface area contributed by atoms with Crippen molar-refractivity contribution in [2.45, 2.75) is 46.7 Å². The summed E-state index contributed by atoms with van der Waals surface area (Å²) in [6, 6.07) is 1.48. The molecule has 1 nitrogen and oxygen atoms in total. The number of hydrogen-bond donors (Lipinski definition) is 0. The molecular formula is C9H22ClN. The van der Waals surface area contributed by atoms with Gasteiger partial charge in [0.2, 0.25) is 0 Å². The molecule has 0 amide bonds. The van der Waals surface area contributed by atoms with Gasteiger partial charge in [0.1, 0.15) is 0 Å². The quantitative estimate of drug-likeness (QED) is 0.502. The molecule has 0 saturated carbocycles. The molecule has 0 N–H and O–H groups in total. The molecule has 70 valence electrons. The maximum absolute atomic E-state index is 2.33. The molecule has 0 rings (SSSR count). The monoisotopic (exact) mass is 179 g/mol. The molecule has 0 bridgehead atoms. The van der Waals surface area contributed by atoms with Crippen LogP contribution in [0.4, 0.5) is 0 Å². The molecule has 0 unspecified atom stereocenters. The summed E-state index contributed by atoms with van der Waals surface area (Å²) in [6.45, 7) is 12.7. The molecule has 0 aromatic rings. The van der Waals surface area contributed by atoms with E-state index >= 15 is 0 Å². The second kappa shape index (κ2) is 5.00. The molecule has 0 atom stereocenters. The van der Waals surface area contributed by atoms with E-state index in [0.717, 1.165) is 12.1 Å². The van der Waals surface area contributed by atoms with Gasteiger partial charge >= 0.3 is 0 Å². The number of halogens is 1. The van der Waals surface area contributed by atoms with Gasteiger partial charge in [0, 0.05) is 0 Å². The van der Waals surface area contributed by atoms with Crippen molar-refractivity contribution in [1.29, 1.82) is 0 Å². The number of quaternary nitrogens is 1. The van der Waals surface area contributed by atoms with Crippen molar-refractivity contribution in [2.75, 3.05) is 13.6 Å². The van der Waals surface area contributed by atoms with Crippen molar-refractivity contribution >= 4 is 0 Å². The van der Waals surface area contributed by atoms with Crippen molar-refractivity contribution in [3.8, 4) is 0 Å². The molecular weight excluding hydrogens is 158 g/mol. The molecule has 0 heterocycles. The highest BCUT2D eigenvalue weighted by atomic mass is 35.5. The molecule has 2 heteroatoms. The smallest absolute Gasteiger partial charge is 0.0833 e. The SMILES string of the molecule is CC[N+](C)(C(C)C)C(C)C.[Cl-]. The fourth-order valence-corrected chi connectivity index (χ4v) is 1.33. The predicted octanol–water partition coefficient (Wildman–Crippen LogP) is -0.726. The molecule has 11 heavy (non-hydrogen) atoms. The van der Waals surface area contributed by atoms with Gasteiger partial charge in [-0.05, 0) is 34.6 Å². The zero-order valence-corrected chi connectivity index (χ0v) is 9.44. The number of nitrogens with zero attached hydrogens (tertiary/aromatic N) is 1. The van der Waals surface area contributed by atoms with Gasteiger partial charge in [-0.2, -0.15) is 0 Å². The third-order valence-electron chi connectivity index (χ3n) is 3.04. The van der Waals surface area contributed by atoms with Gasteiger partial charge in [-0.1, -0.05) is 0 Å². The Kier molecular flexibility index (Phi) is 6.27. The minimum absolute atomic E-state index is 0. The first-order valence-electron chi connectivity index (χ1n) is 4.30. The molecule has 0 saturated heterocycles. The van der Waals surface area contributed by atoms with E-state index in [2.05, 4.69) is 41.7 Å². The van der Waals surface area contributed by atoms with E-state index in [9.17, 15) is 0 Å². The second-order valence-electron chi connectivity index (χ2n) is 3.85. The Hall–Kier alpha value is 0.250. The van der Waals surface area contributed by atoms with Crippen molar-refractivity contribution in [1.82, 2.24) is 0 Å². The summed E-state index contributed by atoms with van der Waals surface area (Å²) in [6.07, 6.45) is 0. The zero-order chi connectivity index (χ0) is 8.36. The van der Waals surface area contributed by atoms with Crippen LogP contribution in [0.5, 0.6) is 0 Å². The highest BCUT2D eigenvalue weighted by Gasteiger charge is 2.26. The normalized spacial score (nSPS) is 12.0. The van der Waals surface area contributed by atoms with E-state index in [0.29, 0.717) is 0 Å². The Morgan fingerprint density at radius 2 is 1.27 bits per heavy atom. The third kappa shape index (κ3) is 3.00. The average Bonchev–Trinajstić information content (AvgIpc) is 1.85. The first kappa shape index (κ1) is 13.8. The molecule has 0 radical (unpaired) electrons.